The second-order valence-electron chi connectivity index (χ2n) is 8.40. The molecule has 0 spiro atoms. The summed E-state index contributed by atoms with van der Waals surface area (Å²) < 4.78 is 13.1. The molecule has 0 bridgehead atoms. The molecule has 0 N–H and O–H groups in total. The minimum Gasteiger partial charge on any atom is -0.378 e. The minimum absolute atomic E-state index is 0.0752. The molecule has 0 aliphatic carbocycles. The van der Waals surface area contributed by atoms with Gasteiger partial charge >= 0.3 is 0 Å². The third-order valence-electron chi connectivity index (χ3n) is 6.04. The largest absolute Gasteiger partial charge is 0.378 e. The number of hydrogen-bond donors (Lipinski definition) is 0. The molecule has 1 atom stereocenters. The zero-order valence-corrected chi connectivity index (χ0v) is 20.1. The van der Waals surface area contributed by atoms with E-state index in [0.29, 0.717) is 44.7 Å². The number of aryl methyl sites for hydroxylation is 1. The van der Waals surface area contributed by atoms with E-state index in [1.165, 1.54) is 11.8 Å². The molecule has 5 rings (SSSR count). The number of carbonyl (C=O) groups excluding carboxylic acids is 1. The maximum Gasteiger partial charge on any atom is 0.240 e. The maximum absolute atomic E-state index is 13.7. The molecule has 0 saturated carbocycles. The Balaban J connectivity index is 1.54. The smallest absolute Gasteiger partial charge is 0.240 e. The van der Waals surface area contributed by atoms with Gasteiger partial charge in [0.05, 0.1) is 32.1 Å². The van der Waals surface area contributed by atoms with Crippen LogP contribution >= 0.6 is 11.8 Å². The average Bonchev–Trinajstić information content (AvgIpc) is 3.32. The summed E-state index contributed by atoms with van der Waals surface area (Å²) in [6, 6.07) is 18.2. The number of carbonyl (C=O) groups is 1. The first-order valence-electron chi connectivity index (χ1n) is 11.6. The number of morpholine rings is 2. The van der Waals surface area contributed by atoms with Gasteiger partial charge in [0, 0.05) is 26.2 Å². The van der Waals surface area contributed by atoms with E-state index < -0.39 is 5.25 Å². The van der Waals surface area contributed by atoms with Crippen LogP contribution in [-0.2, 0) is 14.3 Å². The Morgan fingerprint density at radius 2 is 1.62 bits per heavy atom. The molecule has 0 radical (unpaired) electrons. The Kier molecular flexibility index (Phi) is 7.13. The number of ether oxygens (including phenoxy) is 2. The molecule has 178 valence electrons. The quantitative estimate of drug-likeness (QED) is 0.503. The number of hydrogen-bond acceptors (Lipinski definition) is 7. The molecule has 2 aliphatic rings. The molecule has 3 aromatic rings. The number of aromatic nitrogens is 3. The van der Waals surface area contributed by atoms with Crippen LogP contribution in [0.15, 0.2) is 59.8 Å². The van der Waals surface area contributed by atoms with Gasteiger partial charge < -0.3 is 19.3 Å². The predicted octanol–water partition coefficient (Wildman–Crippen LogP) is 3.10. The van der Waals surface area contributed by atoms with E-state index in [2.05, 4.69) is 44.8 Å². The summed E-state index contributed by atoms with van der Waals surface area (Å²) >= 11 is 1.46. The number of thioether (sulfide) groups is 1. The van der Waals surface area contributed by atoms with Crippen molar-refractivity contribution in [3.8, 4) is 5.69 Å². The summed E-state index contributed by atoms with van der Waals surface area (Å²) in [4.78, 5) is 17.8. The maximum atomic E-state index is 13.7. The van der Waals surface area contributed by atoms with E-state index in [-0.39, 0.29) is 5.91 Å². The fourth-order valence-electron chi connectivity index (χ4n) is 4.24. The highest BCUT2D eigenvalue weighted by molar-refractivity contribution is 8.00. The Hall–Kier alpha value is -2.88. The first-order chi connectivity index (χ1) is 16.7. The van der Waals surface area contributed by atoms with Crippen LogP contribution in [0.1, 0.15) is 16.4 Å². The number of benzene rings is 2. The van der Waals surface area contributed by atoms with Gasteiger partial charge in [-0.15, -0.1) is 10.2 Å². The number of anilines is 1. The molecule has 2 saturated heterocycles. The monoisotopic (exact) mass is 479 g/mol. The SMILES string of the molecule is Cc1cccc(-n2c(S[C@@H](C(=O)N3CCOCC3)c3ccccc3)nnc2N2CCOCC2)c1. The first kappa shape index (κ1) is 22.9. The molecule has 9 heteroatoms. The second kappa shape index (κ2) is 10.6. The first-order valence-corrected chi connectivity index (χ1v) is 12.5. The van der Waals surface area contributed by atoms with E-state index in [0.717, 1.165) is 35.9 Å². The van der Waals surface area contributed by atoms with Gasteiger partial charge in [-0.05, 0) is 30.2 Å². The van der Waals surface area contributed by atoms with Crippen LogP contribution in [0.4, 0.5) is 5.95 Å². The van der Waals surface area contributed by atoms with Gasteiger partial charge in [-0.3, -0.25) is 9.36 Å². The van der Waals surface area contributed by atoms with Gasteiger partial charge in [0.25, 0.3) is 0 Å². The van der Waals surface area contributed by atoms with Crippen molar-refractivity contribution >= 4 is 23.6 Å². The van der Waals surface area contributed by atoms with Crippen LogP contribution in [0.2, 0.25) is 0 Å². The minimum atomic E-state index is -0.426. The van der Waals surface area contributed by atoms with Crippen molar-refractivity contribution in [2.24, 2.45) is 0 Å². The molecular weight excluding hydrogens is 450 g/mol. The van der Waals surface area contributed by atoms with Crippen molar-refractivity contribution in [2.75, 3.05) is 57.5 Å². The van der Waals surface area contributed by atoms with Gasteiger partial charge in [0.15, 0.2) is 5.16 Å². The van der Waals surface area contributed by atoms with Crippen molar-refractivity contribution in [3.63, 3.8) is 0 Å². The Bertz CT molecular complexity index is 1110. The zero-order valence-electron chi connectivity index (χ0n) is 19.3. The molecule has 2 aromatic carbocycles. The highest BCUT2D eigenvalue weighted by atomic mass is 32.2. The topological polar surface area (TPSA) is 72.7 Å². The van der Waals surface area contributed by atoms with Gasteiger partial charge in [-0.25, -0.2) is 0 Å². The van der Waals surface area contributed by atoms with Crippen molar-refractivity contribution in [1.82, 2.24) is 19.7 Å². The average molecular weight is 480 g/mol. The number of rotatable bonds is 6. The molecule has 2 fully saturated rings. The van der Waals surface area contributed by atoms with Crippen LogP contribution in [0.3, 0.4) is 0 Å². The van der Waals surface area contributed by atoms with Crippen molar-refractivity contribution in [1.29, 1.82) is 0 Å². The predicted molar refractivity (Wildman–Crippen MR) is 132 cm³/mol. The van der Waals surface area contributed by atoms with Crippen LogP contribution < -0.4 is 4.90 Å². The van der Waals surface area contributed by atoms with E-state index >= 15 is 0 Å². The fraction of sp³-hybridized carbons (Fsp3) is 0.400. The fourth-order valence-corrected chi connectivity index (χ4v) is 5.38. The van der Waals surface area contributed by atoms with Crippen LogP contribution in [0.25, 0.3) is 5.69 Å². The van der Waals surface area contributed by atoms with E-state index in [1.54, 1.807) is 0 Å². The molecular formula is C25H29N5O3S. The standard InChI is InChI=1S/C25H29N5O3S/c1-19-6-5-9-21(18-19)30-24(29-12-16-33-17-13-29)26-27-25(30)34-22(20-7-3-2-4-8-20)23(31)28-10-14-32-15-11-28/h2-9,18,22H,10-17H2,1H3/t22-/m1/s1. The lowest BCUT2D eigenvalue weighted by Gasteiger charge is -2.30. The van der Waals surface area contributed by atoms with Gasteiger partial charge in [-0.2, -0.15) is 0 Å². The van der Waals surface area contributed by atoms with Crippen LogP contribution in [0, 0.1) is 6.92 Å². The van der Waals surface area contributed by atoms with Crippen molar-refractivity contribution in [2.45, 2.75) is 17.3 Å². The molecule has 8 nitrogen and oxygen atoms in total. The van der Waals surface area contributed by atoms with Gasteiger partial charge in [0.2, 0.25) is 11.9 Å². The highest BCUT2D eigenvalue weighted by Crippen LogP contribution is 2.38. The third kappa shape index (κ3) is 4.96. The lowest BCUT2D eigenvalue weighted by atomic mass is 10.1. The van der Waals surface area contributed by atoms with E-state index in [1.807, 2.05) is 41.3 Å². The Labute approximate surface area is 203 Å². The number of amides is 1. The molecule has 34 heavy (non-hydrogen) atoms. The molecule has 3 heterocycles. The van der Waals surface area contributed by atoms with E-state index in [9.17, 15) is 4.79 Å². The van der Waals surface area contributed by atoms with E-state index in [4.69, 9.17) is 9.47 Å². The molecule has 2 aliphatic heterocycles. The van der Waals surface area contributed by atoms with Crippen molar-refractivity contribution in [3.05, 3.63) is 65.7 Å². The second-order valence-corrected chi connectivity index (χ2v) is 9.47. The summed E-state index contributed by atoms with van der Waals surface area (Å²) in [6.45, 7) is 7.24. The summed E-state index contributed by atoms with van der Waals surface area (Å²) in [5.41, 5.74) is 3.09. The normalized spacial score (nSPS) is 17.6. The van der Waals surface area contributed by atoms with Crippen LogP contribution in [0.5, 0.6) is 0 Å². The highest BCUT2D eigenvalue weighted by Gasteiger charge is 2.31. The lowest BCUT2D eigenvalue weighted by Crippen LogP contribution is -2.42. The molecule has 0 unspecified atom stereocenters. The Morgan fingerprint density at radius 1 is 0.912 bits per heavy atom. The van der Waals surface area contributed by atoms with Crippen molar-refractivity contribution < 1.29 is 14.3 Å². The van der Waals surface area contributed by atoms with Gasteiger partial charge in [0.1, 0.15) is 5.25 Å². The lowest BCUT2D eigenvalue weighted by molar-refractivity contribution is -0.134. The summed E-state index contributed by atoms with van der Waals surface area (Å²) in [5.74, 6) is 0.855. The Morgan fingerprint density at radius 3 is 2.32 bits per heavy atom. The molecule has 1 aromatic heterocycles. The van der Waals surface area contributed by atoms with Crippen LogP contribution in [-0.4, -0.2) is 78.2 Å². The zero-order chi connectivity index (χ0) is 23.3. The third-order valence-corrected chi connectivity index (χ3v) is 7.23. The summed E-state index contributed by atoms with van der Waals surface area (Å²) in [6.07, 6.45) is 0. The summed E-state index contributed by atoms with van der Waals surface area (Å²) in [7, 11) is 0. The molecule has 1 amide bonds. The summed E-state index contributed by atoms with van der Waals surface area (Å²) in [5, 5.41) is 9.44. The van der Waals surface area contributed by atoms with Gasteiger partial charge in [-0.1, -0.05) is 54.2 Å². The number of nitrogens with zero attached hydrogens (tertiary/aromatic N) is 5.